The predicted octanol–water partition coefficient (Wildman–Crippen LogP) is 1.36. The van der Waals surface area contributed by atoms with Gasteiger partial charge >= 0.3 is 0 Å². The maximum Gasteiger partial charge on any atom is 0.224 e. The molecule has 0 amide bonds. The largest absolute Gasteiger partial charge is 0.353 e. The maximum atomic E-state index is 10.8. The summed E-state index contributed by atoms with van der Waals surface area (Å²) in [5.41, 5.74) is 2.07. The highest BCUT2D eigenvalue weighted by molar-refractivity contribution is 5.65. The number of fused-ring (bicyclic) bond motifs is 1. The highest BCUT2D eigenvalue weighted by Gasteiger charge is 2.35. The SMILES string of the molecule is C[N+](C)(C)C1OC(C=O)Nc2ccccc21. The highest BCUT2D eigenvalue weighted by Crippen LogP contribution is 2.35. The lowest BCUT2D eigenvalue weighted by Gasteiger charge is -2.39. The van der Waals surface area contributed by atoms with Crippen molar-refractivity contribution in [2.75, 3.05) is 26.5 Å². The van der Waals surface area contributed by atoms with E-state index >= 15 is 0 Å². The molecule has 0 spiro atoms. The van der Waals surface area contributed by atoms with Crippen molar-refractivity contribution < 1.29 is 14.0 Å². The molecule has 0 saturated heterocycles. The number of anilines is 1. The molecule has 1 heterocycles. The molecule has 0 radical (unpaired) electrons. The second-order valence-electron chi connectivity index (χ2n) is 4.89. The lowest BCUT2D eigenvalue weighted by molar-refractivity contribution is -0.927. The van der Waals surface area contributed by atoms with Gasteiger partial charge in [0.1, 0.15) is 0 Å². The van der Waals surface area contributed by atoms with Crippen molar-refractivity contribution in [2.24, 2.45) is 0 Å². The number of para-hydroxylation sites is 1. The minimum absolute atomic E-state index is 0.118. The first-order valence-corrected chi connectivity index (χ1v) is 5.29. The van der Waals surface area contributed by atoms with E-state index in [2.05, 4.69) is 26.5 Å². The van der Waals surface area contributed by atoms with Gasteiger partial charge < -0.3 is 9.80 Å². The number of benzene rings is 1. The molecule has 0 saturated carbocycles. The molecule has 0 aromatic heterocycles. The first kappa shape index (κ1) is 11.1. The monoisotopic (exact) mass is 221 g/mol. The normalized spacial score (nSPS) is 24.4. The summed E-state index contributed by atoms with van der Waals surface area (Å²) >= 11 is 0. The minimum atomic E-state index is -0.558. The Morgan fingerprint density at radius 1 is 1.31 bits per heavy atom. The van der Waals surface area contributed by atoms with Gasteiger partial charge in [0.05, 0.1) is 26.7 Å². The van der Waals surface area contributed by atoms with Crippen LogP contribution in [-0.2, 0) is 9.53 Å². The number of hydrogen-bond acceptors (Lipinski definition) is 3. The third kappa shape index (κ3) is 1.94. The molecule has 1 aliphatic heterocycles. The smallest absolute Gasteiger partial charge is 0.224 e. The second kappa shape index (κ2) is 3.88. The molecule has 1 aromatic carbocycles. The van der Waals surface area contributed by atoms with E-state index < -0.39 is 6.23 Å². The molecule has 1 N–H and O–H groups in total. The van der Waals surface area contributed by atoms with Gasteiger partial charge in [-0.05, 0) is 12.1 Å². The number of carbonyl (C=O) groups is 1. The van der Waals surface area contributed by atoms with Crippen LogP contribution in [0.25, 0.3) is 0 Å². The quantitative estimate of drug-likeness (QED) is 0.605. The number of rotatable bonds is 2. The number of nitrogens with zero attached hydrogens (tertiary/aromatic N) is 1. The number of aldehydes is 1. The molecule has 1 aliphatic rings. The van der Waals surface area contributed by atoms with Gasteiger partial charge in [-0.15, -0.1) is 0 Å². The number of hydrogen-bond donors (Lipinski definition) is 1. The van der Waals surface area contributed by atoms with Gasteiger partial charge in [-0.2, -0.15) is 0 Å². The molecule has 2 rings (SSSR count). The average molecular weight is 221 g/mol. The summed E-state index contributed by atoms with van der Waals surface area (Å²) in [5, 5.41) is 3.05. The molecule has 4 nitrogen and oxygen atoms in total. The zero-order valence-electron chi connectivity index (χ0n) is 9.81. The number of quaternary nitrogens is 1. The van der Waals surface area contributed by atoms with Crippen molar-refractivity contribution >= 4 is 12.0 Å². The highest BCUT2D eigenvalue weighted by atomic mass is 16.5. The van der Waals surface area contributed by atoms with E-state index in [0.29, 0.717) is 4.48 Å². The van der Waals surface area contributed by atoms with Crippen LogP contribution in [0.1, 0.15) is 11.8 Å². The Morgan fingerprint density at radius 2 is 2.00 bits per heavy atom. The van der Waals surface area contributed by atoms with Crippen LogP contribution < -0.4 is 5.32 Å². The van der Waals surface area contributed by atoms with E-state index in [1.807, 2.05) is 24.3 Å². The molecule has 0 bridgehead atoms. The molecule has 4 heteroatoms. The molecule has 1 aromatic rings. The van der Waals surface area contributed by atoms with Gasteiger partial charge in [-0.3, -0.25) is 9.53 Å². The fraction of sp³-hybridized carbons (Fsp3) is 0.417. The van der Waals surface area contributed by atoms with Gasteiger partial charge in [0.15, 0.2) is 12.5 Å². The summed E-state index contributed by atoms with van der Waals surface area (Å²) in [6.07, 6.45) is 0.114. The Kier molecular flexibility index (Phi) is 2.69. The molecule has 0 aliphatic carbocycles. The first-order valence-electron chi connectivity index (χ1n) is 5.29. The van der Waals surface area contributed by atoms with E-state index in [1.54, 1.807) is 0 Å². The van der Waals surface area contributed by atoms with Gasteiger partial charge in [0.25, 0.3) is 0 Å². The van der Waals surface area contributed by atoms with Crippen molar-refractivity contribution in [1.82, 2.24) is 0 Å². The number of ether oxygens (including phenoxy) is 1. The van der Waals surface area contributed by atoms with Crippen LogP contribution in [0.4, 0.5) is 5.69 Å². The second-order valence-corrected chi connectivity index (χ2v) is 4.89. The summed E-state index contributed by atoms with van der Waals surface area (Å²) in [4.78, 5) is 10.8. The summed E-state index contributed by atoms with van der Waals surface area (Å²) in [6, 6.07) is 7.92. The van der Waals surface area contributed by atoms with Crippen molar-refractivity contribution in [3.05, 3.63) is 29.8 Å². The summed E-state index contributed by atoms with van der Waals surface area (Å²) < 4.78 is 6.35. The van der Waals surface area contributed by atoms with E-state index in [4.69, 9.17) is 4.74 Å². The first-order chi connectivity index (χ1) is 7.52. The fourth-order valence-corrected chi connectivity index (χ4v) is 1.91. The van der Waals surface area contributed by atoms with Crippen molar-refractivity contribution in [3.63, 3.8) is 0 Å². The predicted molar refractivity (Wildman–Crippen MR) is 61.8 cm³/mol. The number of nitrogens with one attached hydrogen (secondary N) is 1. The Hall–Kier alpha value is -1.39. The van der Waals surface area contributed by atoms with Gasteiger partial charge in [-0.25, -0.2) is 0 Å². The minimum Gasteiger partial charge on any atom is -0.353 e. The molecular formula is C12H17N2O2+. The summed E-state index contributed by atoms with van der Waals surface area (Å²) in [6.45, 7) is 0. The van der Waals surface area contributed by atoms with Crippen LogP contribution in [0.3, 0.4) is 0 Å². The van der Waals surface area contributed by atoms with Crippen molar-refractivity contribution in [2.45, 2.75) is 12.5 Å². The van der Waals surface area contributed by atoms with Crippen molar-refractivity contribution in [1.29, 1.82) is 0 Å². The Bertz CT molecular complexity index is 398. The van der Waals surface area contributed by atoms with Crippen LogP contribution in [0.5, 0.6) is 0 Å². The van der Waals surface area contributed by atoms with Crippen LogP contribution in [0, 0.1) is 0 Å². The zero-order chi connectivity index (χ0) is 11.8. The lowest BCUT2D eigenvalue weighted by atomic mass is 10.1. The van der Waals surface area contributed by atoms with Crippen LogP contribution >= 0.6 is 0 Å². The molecule has 86 valence electrons. The van der Waals surface area contributed by atoms with Gasteiger partial charge in [0, 0.05) is 5.69 Å². The maximum absolute atomic E-state index is 10.8. The topological polar surface area (TPSA) is 38.3 Å². The average Bonchev–Trinajstić information content (AvgIpc) is 2.26. The Balaban J connectivity index is 2.43. The van der Waals surface area contributed by atoms with E-state index in [0.717, 1.165) is 17.5 Å². The van der Waals surface area contributed by atoms with E-state index in [9.17, 15) is 4.79 Å². The molecule has 2 unspecified atom stereocenters. The van der Waals surface area contributed by atoms with Gasteiger partial charge in [0.2, 0.25) is 6.23 Å². The molecule has 0 fully saturated rings. The Morgan fingerprint density at radius 3 is 2.62 bits per heavy atom. The van der Waals surface area contributed by atoms with E-state index in [-0.39, 0.29) is 6.23 Å². The zero-order valence-corrected chi connectivity index (χ0v) is 9.81. The lowest BCUT2D eigenvalue weighted by Crippen LogP contribution is -2.46. The van der Waals surface area contributed by atoms with Crippen LogP contribution in [0.15, 0.2) is 24.3 Å². The summed E-state index contributed by atoms with van der Waals surface area (Å²) in [5.74, 6) is 0. The van der Waals surface area contributed by atoms with E-state index in [1.165, 1.54) is 0 Å². The summed E-state index contributed by atoms with van der Waals surface area (Å²) in [7, 11) is 6.15. The fourth-order valence-electron chi connectivity index (χ4n) is 1.91. The molecular weight excluding hydrogens is 204 g/mol. The number of carbonyl (C=O) groups excluding carboxylic acids is 1. The third-order valence-corrected chi connectivity index (χ3v) is 2.63. The molecule has 16 heavy (non-hydrogen) atoms. The molecule has 2 atom stereocenters. The van der Waals surface area contributed by atoms with Crippen LogP contribution in [-0.4, -0.2) is 38.1 Å². The standard InChI is InChI=1S/C12H17N2O2/c1-14(2,3)12-9-6-4-5-7-10(9)13-11(8-15)16-12/h4-8,11-13H,1-3H3/q+1. The van der Waals surface area contributed by atoms with Crippen molar-refractivity contribution in [3.8, 4) is 0 Å². The third-order valence-electron chi connectivity index (χ3n) is 2.63. The Labute approximate surface area is 95.4 Å². The van der Waals surface area contributed by atoms with Gasteiger partial charge in [-0.1, -0.05) is 12.1 Å². The van der Waals surface area contributed by atoms with Crippen LogP contribution in [0.2, 0.25) is 0 Å².